The SMILES string of the molecule is c1ccc(-c2nc(-c3cc(-c4ccncc4)cc(-c4ccc5c6ccccc6c6ccccc6c5c4)c3)cc(-c3ccc4oc5ccccc5c4c3)n2)cc1. The Hall–Kier alpha value is -7.43. The second-order valence-corrected chi connectivity index (χ2v) is 14.0. The Bertz CT molecular complexity index is 3220. The first-order chi connectivity index (χ1) is 27.2. The van der Waals surface area contributed by atoms with E-state index >= 15 is 0 Å². The van der Waals surface area contributed by atoms with Gasteiger partial charge in [-0.2, -0.15) is 0 Å². The van der Waals surface area contributed by atoms with Gasteiger partial charge in [-0.25, -0.2) is 9.97 Å². The van der Waals surface area contributed by atoms with Crippen LogP contribution < -0.4 is 0 Å². The molecule has 0 aliphatic rings. The number of aromatic nitrogens is 3. The molecule has 4 nitrogen and oxygen atoms in total. The maximum Gasteiger partial charge on any atom is 0.160 e. The van der Waals surface area contributed by atoms with Gasteiger partial charge in [0.2, 0.25) is 0 Å². The molecule has 3 aromatic heterocycles. The molecule has 0 fully saturated rings. The number of fused-ring (bicyclic) bond motifs is 9. The summed E-state index contributed by atoms with van der Waals surface area (Å²) in [7, 11) is 0. The highest BCUT2D eigenvalue weighted by atomic mass is 16.3. The monoisotopic (exact) mass is 701 g/mol. The van der Waals surface area contributed by atoms with E-state index in [-0.39, 0.29) is 0 Å². The van der Waals surface area contributed by atoms with E-state index < -0.39 is 0 Å². The number of rotatable bonds is 5. The van der Waals surface area contributed by atoms with Gasteiger partial charge in [0.1, 0.15) is 11.2 Å². The highest BCUT2D eigenvalue weighted by molar-refractivity contribution is 6.25. The highest BCUT2D eigenvalue weighted by Gasteiger charge is 2.16. The maximum atomic E-state index is 6.17. The molecule has 0 aliphatic heterocycles. The van der Waals surface area contributed by atoms with Crippen molar-refractivity contribution in [2.75, 3.05) is 0 Å². The van der Waals surface area contributed by atoms with E-state index in [1.165, 1.54) is 32.3 Å². The van der Waals surface area contributed by atoms with E-state index in [0.29, 0.717) is 5.82 Å². The van der Waals surface area contributed by atoms with Crippen LogP contribution >= 0.6 is 0 Å². The molecule has 0 aliphatic carbocycles. The van der Waals surface area contributed by atoms with Crippen molar-refractivity contribution in [3.8, 4) is 56.2 Å². The third-order valence-corrected chi connectivity index (χ3v) is 10.8. The van der Waals surface area contributed by atoms with E-state index in [2.05, 4.69) is 138 Å². The van der Waals surface area contributed by atoms with E-state index in [0.717, 1.165) is 72.3 Å². The summed E-state index contributed by atoms with van der Waals surface area (Å²) in [6, 6.07) is 62.1. The predicted octanol–water partition coefficient (Wildman–Crippen LogP) is 13.6. The number of hydrogen-bond donors (Lipinski definition) is 0. The van der Waals surface area contributed by atoms with Crippen LogP contribution in [0.4, 0.5) is 0 Å². The van der Waals surface area contributed by atoms with Crippen LogP contribution in [0.5, 0.6) is 0 Å². The molecule has 0 unspecified atom stereocenters. The summed E-state index contributed by atoms with van der Waals surface area (Å²) >= 11 is 0. The Morgan fingerprint density at radius 1 is 0.291 bits per heavy atom. The van der Waals surface area contributed by atoms with E-state index in [1.807, 2.05) is 54.9 Å². The fourth-order valence-electron chi connectivity index (χ4n) is 8.09. The standard InChI is InChI=1S/C51H31N3O/c1-2-10-33(11-3-1)51-53-47(35-19-21-50-46(30-35)44-16-8-9-17-49(44)55-50)31-48(54-51)38-27-36(32-22-24-52-25-23-32)26-37(28-38)34-18-20-43-41-14-5-4-12-39(41)40-13-6-7-15-42(40)45(43)29-34/h1-31H. The average Bonchev–Trinajstić information content (AvgIpc) is 3.65. The van der Waals surface area contributed by atoms with Gasteiger partial charge in [0.15, 0.2) is 5.82 Å². The zero-order chi connectivity index (χ0) is 36.3. The van der Waals surface area contributed by atoms with Crippen LogP contribution in [0.3, 0.4) is 0 Å². The van der Waals surface area contributed by atoms with Gasteiger partial charge >= 0.3 is 0 Å². The van der Waals surface area contributed by atoms with Crippen LogP contribution in [-0.4, -0.2) is 15.0 Å². The van der Waals surface area contributed by atoms with Gasteiger partial charge < -0.3 is 4.42 Å². The van der Waals surface area contributed by atoms with Gasteiger partial charge in [0, 0.05) is 39.9 Å². The molecule has 11 rings (SSSR count). The molecule has 0 atom stereocenters. The van der Waals surface area contributed by atoms with Gasteiger partial charge in [0.25, 0.3) is 0 Å². The van der Waals surface area contributed by atoms with Gasteiger partial charge in [-0.1, -0.05) is 109 Å². The predicted molar refractivity (Wildman–Crippen MR) is 227 cm³/mol. The lowest BCUT2D eigenvalue weighted by atomic mass is 9.90. The molecule has 11 aromatic rings. The molecule has 256 valence electrons. The van der Waals surface area contributed by atoms with E-state index in [9.17, 15) is 0 Å². The minimum atomic E-state index is 0.671. The molecule has 0 amide bonds. The van der Waals surface area contributed by atoms with Crippen molar-refractivity contribution in [1.29, 1.82) is 0 Å². The van der Waals surface area contributed by atoms with Gasteiger partial charge in [0.05, 0.1) is 11.4 Å². The van der Waals surface area contributed by atoms with Crippen molar-refractivity contribution >= 4 is 54.3 Å². The molecule has 0 N–H and O–H groups in total. The van der Waals surface area contributed by atoms with Crippen LogP contribution in [0.25, 0.3) is 110 Å². The second kappa shape index (κ2) is 12.6. The lowest BCUT2D eigenvalue weighted by Crippen LogP contribution is -1.96. The van der Waals surface area contributed by atoms with E-state index in [4.69, 9.17) is 14.4 Å². The Balaban J connectivity index is 1.14. The van der Waals surface area contributed by atoms with Crippen LogP contribution in [0.1, 0.15) is 0 Å². The average molecular weight is 702 g/mol. The van der Waals surface area contributed by atoms with Gasteiger partial charge in [-0.3, -0.25) is 4.98 Å². The summed E-state index contributed by atoms with van der Waals surface area (Å²) < 4.78 is 6.17. The largest absolute Gasteiger partial charge is 0.456 e. The lowest BCUT2D eigenvalue weighted by Gasteiger charge is -2.15. The first kappa shape index (κ1) is 31.1. The third-order valence-electron chi connectivity index (χ3n) is 10.8. The molecule has 0 bridgehead atoms. The lowest BCUT2D eigenvalue weighted by molar-refractivity contribution is 0.669. The summed E-state index contributed by atoms with van der Waals surface area (Å²) in [6.07, 6.45) is 3.70. The van der Waals surface area contributed by atoms with Crippen LogP contribution in [0.2, 0.25) is 0 Å². The van der Waals surface area contributed by atoms with Crippen LogP contribution in [0, 0.1) is 0 Å². The molecule has 4 heteroatoms. The van der Waals surface area contributed by atoms with E-state index in [1.54, 1.807) is 0 Å². The highest BCUT2D eigenvalue weighted by Crippen LogP contribution is 2.40. The number of hydrogen-bond acceptors (Lipinski definition) is 4. The summed E-state index contributed by atoms with van der Waals surface area (Å²) in [5.41, 5.74) is 10.8. The van der Waals surface area contributed by atoms with Crippen molar-refractivity contribution in [1.82, 2.24) is 15.0 Å². The zero-order valence-corrected chi connectivity index (χ0v) is 29.6. The normalized spacial score (nSPS) is 11.6. The molecule has 3 heterocycles. The molecule has 0 saturated heterocycles. The first-order valence-electron chi connectivity index (χ1n) is 18.5. The quantitative estimate of drug-likeness (QED) is 0.168. The molecular formula is C51H31N3O. The summed E-state index contributed by atoms with van der Waals surface area (Å²) in [6.45, 7) is 0. The third kappa shape index (κ3) is 5.34. The minimum absolute atomic E-state index is 0.671. The summed E-state index contributed by atoms with van der Waals surface area (Å²) in [5, 5.41) is 9.68. The number of pyridine rings is 1. The number of benzene rings is 8. The Labute approximate surface area is 317 Å². The zero-order valence-electron chi connectivity index (χ0n) is 29.6. The first-order valence-corrected chi connectivity index (χ1v) is 18.5. The summed E-state index contributed by atoms with van der Waals surface area (Å²) in [4.78, 5) is 14.7. The van der Waals surface area contributed by atoms with Gasteiger partial charge in [-0.05, 0) is 121 Å². The fourth-order valence-corrected chi connectivity index (χ4v) is 8.09. The van der Waals surface area contributed by atoms with Crippen molar-refractivity contribution in [3.05, 3.63) is 188 Å². The van der Waals surface area contributed by atoms with Crippen molar-refractivity contribution in [2.24, 2.45) is 0 Å². The Morgan fingerprint density at radius 2 is 0.818 bits per heavy atom. The van der Waals surface area contributed by atoms with Crippen LogP contribution in [-0.2, 0) is 0 Å². The second-order valence-electron chi connectivity index (χ2n) is 14.0. The Kier molecular flexibility index (Phi) is 7.14. The molecule has 55 heavy (non-hydrogen) atoms. The van der Waals surface area contributed by atoms with Gasteiger partial charge in [-0.15, -0.1) is 0 Å². The maximum absolute atomic E-state index is 6.17. The molecule has 0 spiro atoms. The molecule has 0 saturated carbocycles. The fraction of sp³-hybridized carbons (Fsp3) is 0. The smallest absolute Gasteiger partial charge is 0.160 e. The molecule has 0 radical (unpaired) electrons. The summed E-state index contributed by atoms with van der Waals surface area (Å²) in [5.74, 6) is 0.671. The number of para-hydroxylation sites is 1. The minimum Gasteiger partial charge on any atom is -0.456 e. The molecular weight excluding hydrogens is 671 g/mol. The topological polar surface area (TPSA) is 51.8 Å². The van der Waals surface area contributed by atoms with Crippen molar-refractivity contribution in [2.45, 2.75) is 0 Å². The van der Waals surface area contributed by atoms with Crippen molar-refractivity contribution in [3.63, 3.8) is 0 Å². The van der Waals surface area contributed by atoms with Crippen molar-refractivity contribution < 1.29 is 4.42 Å². The number of nitrogens with zero attached hydrogens (tertiary/aromatic N) is 3. The van der Waals surface area contributed by atoms with Crippen LogP contribution in [0.15, 0.2) is 193 Å². The number of furan rings is 1. The Morgan fingerprint density at radius 3 is 1.55 bits per heavy atom. The molecule has 8 aromatic carbocycles.